The predicted molar refractivity (Wildman–Crippen MR) is 151 cm³/mol. The third-order valence-electron chi connectivity index (χ3n) is 6.92. The Hall–Kier alpha value is -5.04. The van der Waals surface area contributed by atoms with Gasteiger partial charge in [-0.1, -0.05) is 121 Å². The molecule has 0 heterocycles. The van der Waals surface area contributed by atoms with E-state index in [4.69, 9.17) is 0 Å². The van der Waals surface area contributed by atoms with Crippen LogP contribution in [0.15, 0.2) is 121 Å². The number of hydrogen-bond acceptors (Lipinski definition) is 0. The molecule has 6 aromatic rings. The molecule has 0 heteroatoms. The zero-order valence-electron chi connectivity index (χ0n) is 19.5. The molecule has 0 N–H and O–H groups in total. The van der Waals surface area contributed by atoms with E-state index < -0.39 is 0 Å². The van der Waals surface area contributed by atoms with Crippen molar-refractivity contribution in [2.24, 2.45) is 0 Å². The van der Waals surface area contributed by atoms with Crippen LogP contribution in [0.1, 0.15) is 22.3 Å². The van der Waals surface area contributed by atoms with Gasteiger partial charge in [-0.05, 0) is 68.1 Å². The SMILES string of the molecule is C1#Cc2ccccc2-c2c(c3ccccc3c3ccccc23)-c2ccccc2C#Cc2ccccc21. The summed E-state index contributed by atoms with van der Waals surface area (Å²) in [5, 5.41) is 4.94. The van der Waals surface area contributed by atoms with Crippen LogP contribution in [0.5, 0.6) is 0 Å². The average molecular weight is 453 g/mol. The lowest BCUT2D eigenvalue weighted by molar-refractivity contribution is 1.55. The Bertz CT molecular complexity index is 1800. The fourth-order valence-electron chi connectivity index (χ4n) is 5.29. The molecular weight excluding hydrogens is 432 g/mol. The predicted octanol–water partition coefficient (Wildman–Crippen LogP) is 8.44. The Morgan fingerprint density at radius 1 is 0.278 bits per heavy atom. The fraction of sp³-hybridized carbons (Fsp3) is 0. The van der Waals surface area contributed by atoms with Gasteiger partial charge >= 0.3 is 0 Å². The van der Waals surface area contributed by atoms with Gasteiger partial charge in [0.2, 0.25) is 0 Å². The van der Waals surface area contributed by atoms with Gasteiger partial charge in [0.25, 0.3) is 0 Å². The van der Waals surface area contributed by atoms with Gasteiger partial charge in [-0.2, -0.15) is 0 Å². The molecule has 0 spiro atoms. The zero-order valence-corrected chi connectivity index (χ0v) is 19.5. The van der Waals surface area contributed by atoms with Crippen LogP contribution in [-0.4, -0.2) is 0 Å². The number of hydrogen-bond donors (Lipinski definition) is 0. The third kappa shape index (κ3) is 3.21. The molecule has 164 valence electrons. The Morgan fingerprint density at radius 3 is 1.03 bits per heavy atom. The standard InChI is InChI=1S/C36H20/c1-2-12-26-22-24-28-14-4-6-16-30(28)36-34-20-10-8-18-32(34)31-17-7-9-19-33(31)35(36)29-15-5-3-13-27(29)23-21-25(26)11-1/h1-20H. The first-order chi connectivity index (χ1) is 17.9. The first-order valence-corrected chi connectivity index (χ1v) is 12.1. The van der Waals surface area contributed by atoms with Gasteiger partial charge in [-0.3, -0.25) is 0 Å². The summed E-state index contributed by atoms with van der Waals surface area (Å²) in [5.74, 6) is 13.8. The summed E-state index contributed by atoms with van der Waals surface area (Å²) in [6.07, 6.45) is 0. The van der Waals surface area contributed by atoms with E-state index >= 15 is 0 Å². The summed E-state index contributed by atoms with van der Waals surface area (Å²) in [6, 6.07) is 42.6. The van der Waals surface area contributed by atoms with Gasteiger partial charge in [0, 0.05) is 22.3 Å². The van der Waals surface area contributed by atoms with Crippen molar-refractivity contribution in [3.05, 3.63) is 144 Å². The molecule has 1 aliphatic rings. The first-order valence-electron chi connectivity index (χ1n) is 12.1. The van der Waals surface area contributed by atoms with E-state index in [1.807, 2.05) is 24.3 Å². The summed E-state index contributed by atoms with van der Waals surface area (Å²) < 4.78 is 0. The Kier molecular flexibility index (Phi) is 4.70. The van der Waals surface area contributed by atoms with Crippen LogP contribution in [0, 0.1) is 23.7 Å². The highest BCUT2D eigenvalue weighted by molar-refractivity contribution is 6.22. The number of fused-ring (bicyclic) bond motifs is 11. The summed E-state index contributed by atoms with van der Waals surface area (Å²) in [7, 11) is 0. The molecule has 0 nitrogen and oxygen atoms in total. The van der Waals surface area contributed by atoms with E-state index in [2.05, 4.69) is 121 Å². The maximum absolute atomic E-state index is 3.50. The molecule has 7 rings (SSSR count). The molecule has 0 unspecified atom stereocenters. The molecule has 0 saturated carbocycles. The van der Waals surface area contributed by atoms with Crippen LogP contribution in [0.4, 0.5) is 0 Å². The number of benzene rings is 6. The van der Waals surface area contributed by atoms with Crippen LogP contribution in [-0.2, 0) is 0 Å². The Balaban J connectivity index is 1.75. The van der Waals surface area contributed by atoms with Crippen molar-refractivity contribution in [1.29, 1.82) is 0 Å². The third-order valence-corrected chi connectivity index (χ3v) is 6.92. The van der Waals surface area contributed by atoms with Gasteiger partial charge in [0.05, 0.1) is 0 Å². The van der Waals surface area contributed by atoms with Gasteiger partial charge in [0.15, 0.2) is 0 Å². The molecule has 1 aliphatic carbocycles. The minimum atomic E-state index is 0.946. The quantitative estimate of drug-likeness (QED) is 0.160. The molecule has 0 aliphatic heterocycles. The summed E-state index contributed by atoms with van der Waals surface area (Å²) in [5.41, 5.74) is 8.61. The molecule has 0 saturated heterocycles. The van der Waals surface area contributed by atoms with Crippen LogP contribution < -0.4 is 0 Å². The average Bonchev–Trinajstić information content (AvgIpc) is 2.94. The van der Waals surface area contributed by atoms with Gasteiger partial charge in [-0.15, -0.1) is 0 Å². The molecular formula is C36H20. The van der Waals surface area contributed by atoms with E-state index in [1.165, 1.54) is 32.7 Å². The fourth-order valence-corrected chi connectivity index (χ4v) is 5.29. The lowest BCUT2D eigenvalue weighted by Gasteiger charge is -2.20. The molecule has 6 aromatic carbocycles. The highest BCUT2D eigenvalue weighted by atomic mass is 14.2. The van der Waals surface area contributed by atoms with Crippen molar-refractivity contribution in [2.75, 3.05) is 0 Å². The lowest BCUT2D eigenvalue weighted by Crippen LogP contribution is -1.96. The minimum Gasteiger partial charge on any atom is -0.0616 e. The van der Waals surface area contributed by atoms with E-state index in [0.29, 0.717) is 0 Å². The van der Waals surface area contributed by atoms with Crippen molar-refractivity contribution in [3.8, 4) is 45.9 Å². The van der Waals surface area contributed by atoms with Crippen molar-refractivity contribution in [3.63, 3.8) is 0 Å². The Labute approximate surface area is 210 Å². The van der Waals surface area contributed by atoms with Gasteiger partial charge < -0.3 is 0 Å². The summed E-state index contributed by atoms with van der Waals surface area (Å²) in [6.45, 7) is 0. The zero-order chi connectivity index (χ0) is 23.9. The first kappa shape index (κ1) is 20.3. The van der Waals surface area contributed by atoms with Gasteiger partial charge in [0.1, 0.15) is 0 Å². The lowest BCUT2D eigenvalue weighted by atomic mass is 9.82. The van der Waals surface area contributed by atoms with E-state index in [9.17, 15) is 0 Å². The second kappa shape index (κ2) is 8.32. The van der Waals surface area contributed by atoms with Gasteiger partial charge in [-0.25, -0.2) is 0 Å². The summed E-state index contributed by atoms with van der Waals surface area (Å²) >= 11 is 0. The smallest absolute Gasteiger partial charge is 0.0405 e. The van der Waals surface area contributed by atoms with Crippen LogP contribution in [0.25, 0.3) is 43.8 Å². The topological polar surface area (TPSA) is 0 Å². The second-order valence-electron chi connectivity index (χ2n) is 8.98. The Morgan fingerprint density at radius 2 is 0.583 bits per heavy atom. The monoisotopic (exact) mass is 452 g/mol. The van der Waals surface area contributed by atoms with Crippen molar-refractivity contribution in [1.82, 2.24) is 0 Å². The molecule has 0 bridgehead atoms. The van der Waals surface area contributed by atoms with Crippen molar-refractivity contribution in [2.45, 2.75) is 0 Å². The molecule has 0 fully saturated rings. The molecule has 36 heavy (non-hydrogen) atoms. The molecule has 0 aromatic heterocycles. The van der Waals surface area contributed by atoms with E-state index in [0.717, 1.165) is 33.4 Å². The second-order valence-corrected chi connectivity index (χ2v) is 8.98. The molecule has 0 radical (unpaired) electrons. The normalized spacial score (nSPS) is 11.3. The summed E-state index contributed by atoms with van der Waals surface area (Å²) in [4.78, 5) is 0. The highest BCUT2D eigenvalue weighted by Gasteiger charge is 2.20. The minimum absolute atomic E-state index is 0.946. The van der Waals surface area contributed by atoms with E-state index in [-0.39, 0.29) is 0 Å². The highest BCUT2D eigenvalue weighted by Crippen LogP contribution is 2.46. The van der Waals surface area contributed by atoms with Crippen LogP contribution in [0.2, 0.25) is 0 Å². The molecule has 0 amide bonds. The van der Waals surface area contributed by atoms with Crippen molar-refractivity contribution < 1.29 is 0 Å². The maximum Gasteiger partial charge on any atom is 0.0405 e. The molecule has 0 atom stereocenters. The van der Waals surface area contributed by atoms with Crippen molar-refractivity contribution >= 4 is 21.5 Å². The number of rotatable bonds is 0. The van der Waals surface area contributed by atoms with E-state index in [1.54, 1.807) is 0 Å². The maximum atomic E-state index is 3.50. The van der Waals surface area contributed by atoms with Crippen LogP contribution in [0.3, 0.4) is 0 Å². The van der Waals surface area contributed by atoms with Crippen LogP contribution >= 0.6 is 0 Å². The largest absolute Gasteiger partial charge is 0.0616 e.